The van der Waals surface area contributed by atoms with E-state index in [0.29, 0.717) is 57.6 Å². The van der Waals surface area contributed by atoms with E-state index in [0.717, 1.165) is 133 Å². The van der Waals surface area contributed by atoms with Crippen LogP contribution in [-0.2, 0) is 67.3 Å². The number of thioether (sulfide) groups is 3. The first-order valence-corrected chi connectivity index (χ1v) is 39.6. The predicted octanol–water partition coefficient (Wildman–Crippen LogP) is 15.5. The Morgan fingerprint density at radius 1 is 0.531 bits per heavy atom. The number of H-pyrrole nitrogens is 4. The fraction of sp³-hybridized carbons (Fsp3) is 0.338. The number of hydrogen-bond acceptors (Lipinski definition) is 19. The van der Waals surface area contributed by atoms with Gasteiger partial charge >= 0.3 is 5.97 Å². The number of nitrogens with one attached hydrogen (secondary N) is 4. The van der Waals surface area contributed by atoms with Crippen molar-refractivity contribution in [1.82, 2.24) is 44.8 Å². The van der Waals surface area contributed by atoms with Gasteiger partial charge < -0.3 is 24.7 Å². The van der Waals surface area contributed by atoms with Crippen LogP contribution in [0.1, 0.15) is 146 Å². The fourth-order valence-electron chi connectivity index (χ4n) is 13.2. The number of aromatic nitrogens is 8. The van der Waals surface area contributed by atoms with Gasteiger partial charge in [-0.1, -0.05) is 120 Å². The second-order valence-corrected chi connectivity index (χ2v) is 31.9. The zero-order chi connectivity index (χ0) is 67.8. The monoisotopic (exact) mass is 1440 g/mol. The Morgan fingerprint density at radius 3 is 1.42 bits per heavy atom. The molecule has 0 saturated carbocycles. The van der Waals surface area contributed by atoms with E-state index in [-0.39, 0.29) is 46.6 Å². The number of ether oxygens (including phenoxy) is 1. The Bertz CT molecular complexity index is 5140. The van der Waals surface area contributed by atoms with Gasteiger partial charge in [0.05, 0.1) is 28.2 Å². The van der Waals surface area contributed by atoms with Gasteiger partial charge in [0.2, 0.25) is 0 Å². The highest BCUT2D eigenvalue weighted by Gasteiger charge is 2.33. The van der Waals surface area contributed by atoms with Crippen LogP contribution in [-0.4, -0.2) is 93.0 Å². The summed E-state index contributed by atoms with van der Waals surface area (Å²) in [4.78, 5) is 127. The molecule has 504 valence electrons. The van der Waals surface area contributed by atoms with Crippen LogP contribution in [0.15, 0.2) is 132 Å². The molecule has 0 radical (unpaired) electrons. The van der Waals surface area contributed by atoms with E-state index in [9.17, 15) is 33.6 Å². The van der Waals surface area contributed by atoms with Crippen molar-refractivity contribution >= 4 is 156 Å². The molecule has 2 amide bonds. The maximum atomic E-state index is 13.0. The Labute approximate surface area is 593 Å². The van der Waals surface area contributed by atoms with Crippen molar-refractivity contribution in [3.05, 3.63) is 203 Å². The third-order valence-corrected chi connectivity index (χ3v) is 25.2. The Kier molecular flexibility index (Phi) is 22.1. The van der Waals surface area contributed by atoms with Crippen molar-refractivity contribution in [3.63, 3.8) is 0 Å². The van der Waals surface area contributed by atoms with Crippen molar-refractivity contribution in [3.8, 4) is 0 Å². The maximum Gasteiger partial charge on any atom is 0.330 e. The first kappa shape index (κ1) is 68.7. The molecule has 1 aliphatic heterocycles. The summed E-state index contributed by atoms with van der Waals surface area (Å²) >= 11 is 11.2. The average molecular weight is 1440 g/mol. The van der Waals surface area contributed by atoms with E-state index in [1.165, 1.54) is 109 Å². The molecular weight excluding hydrogens is 1370 g/mol. The van der Waals surface area contributed by atoms with Crippen LogP contribution in [0.4, 0.5) is 0 Å². The van der Waals surface area contributed by atoms with Crippen LogP contribution in [0.3, 0.4) is 0 Å². The number of nitrogens with zero attached hydrogens (tertiary/aromatic N) is 5. The lowest BCUT2D eigenvalue weighted by Crippen LogP contribution is -2.41. The summed E-state index contributed by atoms with van der Waals surface area (Å²) in [6.07, 6.45) is 26.0. The van der Waals surface area contributed by atoms with Crippen LogP contribution >= 0.6 is 80.6 Å². The molecule has 0 spiro atoms. The first-order valence-electron chi connectivity index (χ1n) is 33.4. The number of thiophene rings is 4. The summed E-state index contributed by atoms with van der Waals surface area (Å²) in [5.74, 6) is 1.87. The molecule has 5 aliphatic rings. The van der Waals surface area contributed by atoms with Crippen molar-refractivity contribution in [1.29, 1.82) is 0 Å². The number of fused-ring (bicyclic) bond motifs is 12. The molecule has 24 heteroatoms. The zero-order valence-corrected chi connectivity index (χ0v) is 60.2. The normalized spacial score (nSPS) is 14.8. The summed E-state index contributed by atoms with van der Waals surface area (Å²) in [6, 6.07) is 21.3. The second kappa shape index (κ2) is 31.6. The number of imide groups is 1. The molecule has 4 N–H and O–H groups in total. The molecule has 17 nitrogen and oxygen atoms in total. The van der Waals surface area contributed by atoms with Gasteiger partial charge in [-0.25, -0.2) is 24.7 Å². The zero-order valence-electron chi connectivity index (χ0n) is 54.5. The van der Waals surface area contributed by atoms with E-state index in [1.807, 2.05) is 49.4 Å². The smallest absolute Gasteiger partial charge is 0.330 e. The summed E-state index contributed by atoms with van der Waals surface area (Å²) in [5, 5.41) is 6.83. The highest BCUT2D eigenvalue weighted by molar-refractivity contribution is 7.99. The minimum absolute atomic E-state index is 0.0219. The van der Waals surface area contributed by atoms with Crippen molar-refractivity contribution in [2.24, 2.45) is 0 Å². The lowest BCUT2D eigenvalue weighted by Gasteiger charge is -2.27. The summed E-state index contributed by atoms with van der Waals surface area (Å²) < 4.78 is 4.81. The fourth-order valence-corrected chi connectivity index (χ4v) is 20.5. The van der Waals surface area contributed by atoms with Gasteiger partial charge in [-0.15, -0.1) is 45.3 Å². The summed E-state index contributed by atoms with van der Waals surface area (Å²) in [7, 11) is 0. The number of esters is 1. The minimum atomic E-state index is -0.351. The van der Waals surface area contributed by atoms with Crippen LogP contribution in [0, 0.1) is 0 Å². The van der Waals surface area contributed by atoms with Gasteiger partial charge in [0.1, 0.15) is 25.1 Å². The predicted molar refractivity (Wildman–Crippen MR) is 403 cm³/mol. The standard InChI is InChI=1S/C25H21N3O3S.C19H18N2OS2.C16H18N2O3S2.C14H16N2OS2/c29-22-21-15-8-1-2-11-18(15)32-23(21)27-19(26-22)12-5-13-28-24(30)16-9-3-6-14-7-4-10-17(20(14)16)25(28)31;22-17-16-14-10-4-5-11-15(14)24-18(16)21-19(20-17)23-12-6-9-13-7-2-1-3-8-13;1-2-21-12(19)8-5-9-22-16-17-14(20)13-10-6-3-4-7-11(10)23-15(13)18-16;1-8(2)7-18-14-15-12(17)11-9-5-3-4-6-10(9)19-13(11)16-14/h3-4,6-7,9-10H,1-2,5,8,11-13H2,(H,26,27,29);1-3,6-9H,4-5,10-12H2,(H,20,21,22);5,8H,2-4,6-7,9H2,1H3,(H,17,18,20);1,3-7H2,2H3,(H,15,16,17)/b;9-6+;8-5+;. The molecule has 8 aromatic heterocycles. The van der Waals surface area contributed by atoms with E-state index < -0.39 is 0 Å². The molecule has 4 aliphatic carbocycles. The number of rotatable bonds is 16. The lowest BCUT2D eigenvalue weighted by molar-refractivity contribution is -0.137. The SMILES string of the molecule is C=C(C)CSc1nc2sc3c(c2c(=O)[nH]1)CCCC3.CCOC(=O)/C=C/CSc1nc2sc3c(c2c(=O)[nH]1)CCCC3.O=C1c2cccc3cccc(c23)C(=O)N1CCCc1nc2sc3c(c2c(=O)[nH]1)CCCC3.O=c1[nH]c(SC/C=C/c2ccccc2)nc2sc3c(c12)CCCC3. The van der Waals surface area contributed by atoms with E-state index >= 15 is 0 Å². The molecule has 3 aromatic carbocycles. The third-order valence-electron chi connectivity index (χ3n) is 17.7. The molecule has 0 saturated heterocycles. The van der Waals surface area contributed by atoms with Crippen LogP contribution in [0.5, 0.6) is 0 Å². The second-order valence-electron chi connectivity index (χ2n) is 24.6. The largest absolute Gasteiger partial charge is 0.463 e. The van der Waals surface area contributed by atoms with Crippen molar-refractivity contribution < 1.29 is 19.1 Å². The van der Waals surface area contributed by atoms with Crippen LogP contribution in [0.25, 0.3) is 57.7 Å². The number of carbonyl (C=O) groups excluding carboxylic acids is 3. The third kappa shape index (κ3) is 15.5. The highest BCUT2D eigenvalue weighted by atomic mass is 32.2. The number of amides is 2. The molecule has 0 unspecified atom stereocenters. The summed E-state index contributed by atoms with van der Waals surface area (Å²) in [6.45, 7) is 8.27. The van der Waals surface area contributed by atoms with Crippen molar-refractivity contribution in [2.75, 3.05) is 30.4 Å². The molecule has 0 bridgehead atoms. The molecular formula is C74H73N9O8S7. The first-order chi connectivity index (χ1) is 47.8. The molecule has 16 rings (SSSR count). The number of hydrogen-bond donors (Lipinski definition) is 4. The van der Waals surface area contributed by atoms with E-state index in [1.54, 1.807) is 94.0 Å². The number of carbonyl (C=O) groups is 3. The minimum Gasteiger partial charge on any atom is -0.463 e. The molecule has 11 aromatic rings. The van der Waals surface area contributed by atoms with E-state index in [2.05, 4.69) is 65.8 Å². The van der Waals surface area contributed by atoms with Crippen LogP contribution < -0.4 is 22.2 Å². The lowest BCUT2D eigenvalue weighted by atomic mass is 9.94. The van der Waals surface area contributed by atoms with Gasteiger partial charge in [-0.2, -0.15) is 0 Å². The van der Waals surface area contributed by atoms with Gasteiger partial charge in [0.15, 0.2) is 15.5 Å². The average Bonchev–Trinajstić information content (AvgIpc) is 1.19. The molecule has 0 fully saturated rings. The highest BCUT2D eigenvalue weighted by Crippen LogP contribution is 2.39. The van der Waals surface area contributed by atoms with Gasteiger partial charge in [-0.05, 0) is 168 Å². The Hall–Kier alpha value is -7.84. The Balaban J connectivity index is 0.000000120. The molecule has 98 heavy (non-hydrogen) atoms. The van der Waals surface area contributed by atoms with Crippen molar-refractivity contribution in [2.45, 2.75) is 145 Å². The summed E-state index contributed by atoms with van der Waals surface area (Å²) in [5.41, 5.74) is 8.18. The number of aryl methyl sites for hydroxylation is 9. The number of benzene rings is 3. The van der Waals surface area contributed by atoms with Crippen LogP contribution in [0.2, 0.25) is 0 Å². The molecule has 0 atom stereocenters. The van der Waals surface area contributed by atoms with Gasteiger partial charge in [0.25, 0.3) is 34.1 Å². The van der Waals surface area contributed by atoms with Gasteiger partial charge in [0, 0.05) is 72.3 Å². The number of aromatic amines is 4. The van der Waals surface area contributed by atoms with E-state index in [4.69, 9.17) is 9.72 Å². The Morgan fingerprint density at radius 2 is 0.959 bits per heavy atom. The quantitative estimate of drug-likeness (QED) is 0.0175. The van der Waals surface area contributed by atoms with Gasteiger partial charge in [-0.3, -0.25) is 33.7 Å². The topological polar surface area (TPSA) is 247 Å². The molecule has 9 heterocycles. The maximum absolute atomic E-state index is 13.0.